The van der Waals surface area contributed by atoms with E-state index in [-0.39, 0.29) is 22.6 Å². The Morgan fingerprint density at radius 3 is 2.95 bits per heavy atom. The highest BCUT2D eigenvalue weighted by molar-refractivity contribution is 6.30. The van der Waals surface area contributed by atoms with Crippen LogP contribution in [0.15, 0.2) is 48.7 Å². The van der Waals surface area contributed by atoms with Gasteiger partial charge in [0.25, 0.3) is 5.69 Å². The number of hydrogen-bond donors (Lipinski definition) is 1. The van der Waals surface area contributed by atoms with Gasteiger partial charge in [-0.25, -0.2) is 0 Å². The number of nitrogens with zero attached hydrogens (tertiary/aromatic N) is 1. The van der Waals surface area contributed by atoms with Gasteiger partial charge in [0.05, 0.1) is 16.5 Å². The van der Waals surface area contributed by atoms with Gasteiger partial charge in [0.2, 0.25) is 0 Å². The molecule has 2 atom stereocenters. The van der Waals surface area contributed by atoms with E-state index < -0.39 is 0 Å². The third-order valence-electron chi connectivity index (χ3n) is 3.34. The molecule has 4 nitrogen and oxygen atoms in total. The molecule has 0 amide bonds. The van der Waals surface area contributed by atoms with E-state index >= 15 is 0 Å². The van der Waals surface area contributed by atoms with Crippen molar-refractivity contribution >= 4 is 22.9 Å². The molecule has 96 valence electrons. The third kappa shape index (κ3) is 2.15. The van der Waals surface area contributed by atoms with Crippen LogP contribution >= 0.6 is 11.6 Å². The third-order valence-corrected chi connectivity index (χ3v) is 3.58. The van der Waals surface area contributed by atoms with E-state index in [2.05, 4.69) is 5.32 Å². The van der Waals surface area contributed by atoms with Gasteiger partial charge in [0, 0.05) is 17.0 Å². The van der Waals surface area contributed by atoms with Crippen molar-refractivity contribution in [3.05, 3.63) is 69.4 Å². The summed E-state index contributed by atoms with van der Waals surface area (Å²) in [6, 6.07) is 4.88. The maximum Gasteiger partial charge on any atom is 0.277 e. The second kappa shape index (κ2) is 4.55. The molecule has 19 heavy (non-hydrogen) atoms. The zero-order chi connectivity index (χ0) is 13.4. The van der Waals surface area contributed by atoms with Crippen LogP contribution in [0.25, 0.3) is 5.57 Å². The first-order valence-electron chi connectivity index (χ1n) is 5.92. The topological polar surface area (TPSA) is 55.2 Å². The normalized spacial score (nSPS) is 23.7. The molecule has 1 N–H and O–H groups in total. The summed E-state index contributed by atoms with van der Waals surface area (Å²) in [6.45, 7) is 0. The van der Waals surface area contributed by atoms with Crippen molar-refractivity contribution in [3.63, 3.8) is 0 Å². The van der Waals surface area contributed by atoms with Gasteiger partial charge in [0.1, 0.15) is 0 Å². The van der Waals surface area contributed by atoms with Crippen LogP contribution < -0.4 is 5.32 Å². The number of hydrogen-bond acceptors (Lipinski definition) is 3. The first kappa shape index (κ1) is 12.0. The average molecular weight is 275 g/mol. The van der Waals surface area contributed by atoms with Gasteiger partial charge in [0.15, 0.2) is 0 Å². The van der Waals surface area contributed by atoms with Gasteiger partial charge in [-0.15, -0.1) is 0 Å². The fourth-order valence-corrected chi connectivity index (χ4v) is 2.57. The Bertz CT molecular complexity index is 634. The van der Waals surface area contributed by atoms with Crippen LogP contribution in [-0.2, 0) is 0 Å². The standard InChI is InChI=1S/C14H11ClN2O2/c15-11-2-4-14(17(18)19)12(8-11)9-1-3-13-10(7-9)5-6-16-13/h1-8,10,13,16H. The molecule has 3 rings (SSSR count). The van der Waals surface area contributed by atoms with Crippen LogP contribution in [0.3, 0.4) is 0 Å². The van der Waals surface area contributed by atoms with E-state index in [1.165, 1.54) is 12.1 Å². The summed E-state index contributed by atoms with van der Waals surface area (Å²) >= 11 is 5.95. The summed E-state index contributed by atoms with van der Waals surface area (Å²) in [4.78, 5) is 10.7. The van der Waals surface area contributed by atoms with Crippen LogP contribution in [0.4, 0.5) is 5.69 Å². The van der Waals surface area contributed by atoms with Crippen molar-refractivity contribution in [1.82, 2.24) is 5.32 Å². The lowest BCUT2D eigenvalue weighted by Crippen LogP contribution is -2.24. The summed E-state index contributed by atoms with van der Waals surface area (Å²) in [7, 11) is 0. The number of halogens is 1. The Kier molecular flexibility index (Phi) is 2.87. The van der Waals surface area contributed by atoms with Gasteiger partial charge in [-0.2, -0.15) is 0 Å². The molecule has 0 saturated carbocycles. The lowest BCUT2D eigenvalue weighted by molar-refractivity contribution is -0.385. The van der Waals surface area contributed by atoms with Crippen LogP contribution in [0.1, 0.15) is 5.56 Å². The van der Waals surface area contributed by atoms with Crippen molar-refractivity contribution in [2.75, 3.05) is 0 Å². The minimum atomic E-state index is -0.380. The van der Waals surface area contributed by atoms with Crippen molar-refractivity contribution in [2.24, 2.45) is 5.92 Å². The molecule has 1 aromatic rings. The SMILES string of the molecule is O=[N+]([O-])c1ccc(Cl)cc1C1=CC2C=CNC2C=C1. The molecule has 2 aliphatic rings. The number of allylic oxidation sites excluding steroid dienone is 2. The largest absolute Gasteiger partial charge is 0.384 e. The number of nitro benzene ring substituents is 1. The monoisotopic (exact) mass is 274 g/mol. The van der Waals surface area contributed by atoms with E-state index in [9.17, 15) is 10.1 Å². The quantitative estimate of drug-likeness (QED) is 0.665. The fraction of sp³-hybridized carbons (Fsp3) is 0.143. The predicted molar refractivity (Wildman–Crippen MR) is 74.8 cm³/mol. The lowest BCUT2D eigenvalue weighted by atomic mass is 9.90. The number of nitrogens with one attached hydrogen (secondary N) is 1. The van der Waals surface area contributed by atoms with Gasteiger partial charge in [-0.3, -0.25) is 10.1 Å². The molecular weight excluding hydrogens is 264 g/mol. The van der Waals surface area contributed by atoms with E-state index in [0.717, 1.165) is 5.57 Å². The second-order valence-electron chi connectivity index (χ2n) is 4.53. The van der Waals surface area contributed by atoms with Crippen molar-refractivity contribution in [1.29, 1.82) is 0 Å². The molecule has 1 heterocycles. The van der Waals surface area contributed by atoms with Crippen LogP contribution in [0.2, 0.25) is 5.02 Å². The first-order chi connectivity index (χ1) is 9.15. The Balaban J connectivity index is 2.07. The zero-order valence-electron chi connectivity index (χ0n) is 9.92. The molecule has 0 aromatic heterocycles. The molecule has 0 saturated heterocycles. The Morgan fingerprint density at radius 1 is 1.32 bits per heavy atom. The van der Waals surface area contributed by atoms with E-state index in [1.807, 2.05) is 30.5 Å². The molecule has 0 radical (unpaired) electrons. The molecule has 1 aliphatic carbocycles. The van der Waals surface area contributed by atoms with Crippen molar-refractivity contribution in [2.45, 2.75) is 6.04 Å². The zero-order valence-corrected chi connectivity index (χ0v) is 10.7. The summed E-state index contributed by atoms with van der Waals surface area (Å²) in [5.41, 5.74) is 1.48. The summed E-state index contributed by atoms with van der Waals surface area (Å²) in [5.74, 6) is 0.235. The lowest BCUT2D eigenvalue weighted by Gasteiger charge is -2.19. The molecule has 5 heteroatoms. The fourth-order valence-electron chi connectivity index (χ4n) is 2.40. The molecule has 0 spiro atoms. The average Bonchev–Trinajstić information content (AvgIpc) is 2.85. The van der Waals surface area contributed by atoms with Gasteiger partial charge < -0.3 is 5.32 Å². The number of rotatable bonds is 2. The minimum Gasteiger partial charge on any atom is -0.384 e. The van der Waals surface area contributed by atoms with E-state index in [4.69, 9.17) is 11.6 Å². The van der Waals surface area contributed by atoms with Crippen LogP contribution in [0.5, 0.6) is 0 Å². The highest BCUT2D eigenvalue weighted by Gasteiger charge is 2.24. The second-order valence-corrected chi connectivity index (χ2v) is 4.97. The van der Waals surface area contributed by atoms with Crippen LogP contribution in [-0.4, -0.2) is 11.0 Å². The summed E-state index contributed by atoms with van der Waals surface area (Å²) in [5, 5.41) is 14.8. The van der Waals surface area contributed by atoms with Gasteiger partial charge >= 0.3 is 0 Å². The van der Waals surface area contributed by atoms with Gasteiger partial charge in [-0.1, -0.05) is 35.9 Å². The Hall–Kier alpha value is -2.07. The minimum absolute atomic E-state index is 0.0775. The van der Waals surface area contributed by atoms with Gasteiger partial charge in [-0.05, 0) is 23.9 Å². The Labute approximate surface area is 115 Å². The summed E-state index contributed by atoms with van der Waals surface area (Å²) < 4.78 is 0. The molecule has 1 aliphatic heterocycles. The van der Waals surface area contributed by atoms with E-state index in [0.29, 0.717) is 10.6 Å². The smallest absolute Gasteiger partial charge is 0.277 e. The Morgan fingerprint density at radius 2 is 2.16 bits per heavy atom. The van der Waals surface area contributed by atoms with Crippen molar-refractivity contribution in [3.8, 4) is 0 Å². The molecule has 0 bridgehead atoms. The molecule has 1 aromatic carbocycles. The molecular formula is C14H11ClN2O2. The maximum atomic E-state index is 11.1. The molecule has 2 unspecified atom stereocenters. The molecule has 0 fully saturated rings. The number of fused-ring (bicyclic) bond motifs is 1. The highest BCUT2D eigenvalue weighted by Crippen LogP contribution is 2.34. The predicted octanol–water partition coefficient (Wildman–Crippen LogP) is 3.30. The summed E-state index contributed by atoms with van der Waals surface area (Å²) in [6.07, 6.45) is 9.90. The van der Waals surface area contributed by atoms with E-state index in [1.54, 1.807) is 6.07 Å². The number of benzene rings is 1. The number of nitro groups is 1. The maximum absolute atomic E-state index is 11.1. The van der Waals surface area contributed by atoms with Crippen LogP contribution in [0, 0.1) is 16.0 Å². The first-order valence-corrected chi connectivity index (χ1v) is 6.30. The van der Waals surface area contributed by atoms with Crippen molar-refractivity contribution < 1.29 is 4.92 Å². The highest BCUT2D eigenvalue weighted by atomic mass is 35.5.